The van der Waals surface area contributed by atoms with Crippen LogP contribution in [0, 0.1) is 0 Å². The molecule has 1 fully saturated rings. The van der Waals surface area contributed by atoms with Gasteiger partial charge in [0.15, 0.2) is 0 Å². The average molecular weight is 335 g/mol. The van der Waals surface area contributed by atoms with Gasteiger partial charge in [-0.2, -0.15) is 13.2 Å². The lowest BCUT2D eigenvalue weighted by Gasteiger charge is -2.32. The summed E-state index contributed by atoms with van der Waals surface area (Å²) in [4.78, 5) is 8.84. The minimum Gasteiger partial charge on any atom is -0.304 e. The Balaban J connectivity index is 1.78. The number of nitrogens with zero attached hydrogens (tertiary/aromatic N) is 3. The molecule has 0 saturated carbocycles. The molecule has 1 saturated heterocycles. The third-order valence-corrected chi connectivity index (χ3v) is 4.32. The van der Waals surface area contributed by atoms with Crippen molar-refractivity contribution < 1.29 is 13.2 Å². The average Bonchev–Trinajstić information content (AvgIpc) is 2.57. The minimum absolute atomic E-state index is 0.539. The summed E-state index contributed by atoms with van der Waals surface area (Å²) in [6, 6.07) is 7.32. The van der Waals surface area contributed by atoms with Crippen molar-refractivity contribution in [3.63, 3.8) is 0 Å². The molecule has 0 amide bonds. The van der Waals surface area contributed by atoms with E-state index in [2.05, 4.69) is 21.8 Å². The second kappa shape index (κ2) is 6.91. The molecule has 128 valence electrons. The fraction of sp³-hybridized carbons (Fsp3) is 0.389. The van der Waals surface area contributed by atoms with Crippen molar-refractivity contribution in [2.75, 3.05) is 33.2 Å². The van der Waals surface area contributed by atoms with E-state index in [0.717, 1.165) is 44.4 Å². The topological polar surface area (TPSA) is 19.4 Å². The second-order valence-electron chi connectivity index (χ2n) is 6.24. The zero-order valence-electron chi connectivity index (χ0n) is 13.6. The van der Waals surface area contributed by atoms with Crippen molar-refractivity contribution in [1.82, 2.24) is 14.8 Å². The molecule has 0 aliphatic carbocycles. The number of aromatic nitrogens is 1. The molecular weight excluding hydrogens is 315 g/mol. The monoisotopic (exact) mass is 335 g/mol. The summed E-state index contributed by atoms with van der Waals surface area (Å²) in [6.07, 6.45) is -0.931. The largest absolute Gasteiger partial charge is 0.416 e. The summed E-state index contributed by atoms with van der Waals surface area (Å²) < 4.78 is 38.6. The van der Waals surface area contributed by atoms with E-state index < -0.39 is 11.7 Å². The first kappa shape index (κ1) is 16.9. The molecule has 0 atom stereocenters. The van der Waals surface area contributed by atoms with Gasteiger partial charge in [-0.15, -0.1) is 0 Å². The third-order valence-electron chi connectivity index (χ3n) is 4.32. The summed E-state index contributed by atoms with van der Waals surface area (Å²) in [5, 5.41) is 0. The van der Waals surface area contributed by atoms with Crippen molar-refractivity contribution in [3.8, 4) is 11.1 Å². The van der Waals surface area contributed by atoms with E-state index in [-0.39, 0.29) is 0 Å². The number of hydrogen-bond donors (Lipinski definition) is 0. The van der Waals surface area contributed by atoms with Gasteiger partial charge in [-0.05, 0) is 36.4 Å². The smallest absolute Gasteiger partial charge is 0.304 e. The van der Waals surface area contributed by atoms with E-state index >= 15 is 0 Å². The van der Waals surface area contributed by atoms with Crippen LogP contribution in [0.2, 0.25) is 0 Å². The molecule has 6 heteroatoms. The zero-order chi connectivity index (χ0) is 17.2. The van der Waals surface area contributed by atoms with Crippen LogP contribution in [-0.4, -0.2) is 48.0 Å². The van der Waals surface area contributed by atoms with Crippen LogP contribution in [0.25, 0.3) is 11.1 Å². The number of rotatable bonds is 3. The second-order valence-corrected chi connectivity index (χ2v) is 6.24. The Hall–Kier alpha value is -1.92. The Kier molecular flexibility index (Phi) is 4.87. The van der Waals surface area contributed by atoms with Crippen LogP contribution in [0.3, 0.4) is 0 Å². The lowest BCUT2D eigenvalue weighted by Crippen LogP contribution is -2.43. The molecule has 2 heterocycles. The van der Waals surface area contributed by atoms with Gasteiger partial charge in [0.2, 0.25) is 0 Å². The molecule has 1 aromatic heterocycles. The van der Waals surface area contributed by atoms with Gasteiger partial charge < -0.3 is 4.90 Å². The molecule has 24 heavy (non-hydrogen) atoms. The molecule has 0 radical (unpaired) electrons. The highest BCUT2D eigenvalue weighted by molar-refractivity contribution is 5.64. The molecule has 3 nitrogen and oxygen atoms in total. The first-order chi connectivity index (χ1) is 11.4. The SMILES string of the molecule is CN1CCN(Cc2cncc(-c3cccc(C(F)(F)F)c3)c2)CC1. The van der Waals surface area contributed by atoms with Crippen LogP contribution < -0.4 is 0 Å². The minimum atomic E-state index is -4.33. The number of piperazine rings is 1. The van der Waals surface area contributed by atoms with E-state index in [1.54, 1.807) is 18.5 Å². The molecule has 0 unspecified atom stereocenters. The van der Waals surface area contributed by atoms with Crippen molar-refractivity contribution in [2.24, 2.45) is 0 Å². The van der Waals surface area contributed by atoms with Crippen molar-refractivity contribution in [2.45, 2.75) is 12.7 Å². The van der Waals surface area contributed by atoms with Crippen LogP contribution in [0.5, 0.6) is 0 Å². The lowest BCUT2D eigenvalue weighted by atomic mass is 10.0. The molecule has 2 aromatic rings. The molecule has 1 aromatic carbocycles. The first-order valence-electron chi connectivity index (χ1n) is 7.94. The van der Waals surface area contributed by atoms with Crippen molar-refractivity contribution in [3.05, 3.63) is 53.9 Å². The fourth-order valence-electron chi connectivity index (χ4n) is 2.87. The van der Waals surface area contributed by atoms with E-state index in [4.69, 9.17) is 0 Å². The maximum absolute atomic E-state index is 12.9. The number of alkyl halides is 3. The maximum atomic E-state index is 12.9. The van der Waals surface area contributed by atoms with E-state index in [9.17, 15) is 13.2 Å². The normalized spacial score (nSPS) is 17.2. The quantitative estimate of drug-likeness (QED) is 0.856. The molecule has 3 rings (SSSR count). The Morgan fingerprint density at radius 2 is 1.75 bits per heavy atom. The zero-order valence-corrected chi connectivity index (χ0v) is 13.6. The van der Waals surface area contributed by atoms with Gasteiger partial charge in [0.05, 0.1) is 5.56 Å². The van der Waals surface area contributed by atoms with Crippen LogP contribution >= 0.6 is 0 Å². The van der Waals surface area contributed by atoms with Gasteiger partial charge in [-0.25, -0.2) is 0 Å². The van der Waals surface area contributed by atoms with E-state index in [1.807, 2.05) is 6.07 Å². The number of hydrogen-bond acceptors (Lipinski definition) is 3. The van der Waals surface area contributed by atoms with Crippen molar-refractivity contribution in [1.29, 1.82) is 0 Å². The lowest BCUT2D eigenvalue weighted by molar-refractivity contribution is -0.137. The van der Waals surface area contributed by atoms with Crippen molar-refractivity contribution >= 4 is 0 Å². The number of halogens is 3. The van der Waals surface area contributed by atoms with Gasteiger partial charge in [-0.3, -0.25) is 9.88 Å². The standard InChI is InChI=1S/C18H20F3N3/c1-23-5-7-24(8-6-23)13-14-9-16(12-22-11-14)15-3-2-4-17(10-15)18(19,20)21/h2-4,9-12H,5-8,13H2,1H3. The predicted molar refractivity (Wildman–Crippen MR) is 87.4 cm³/mol. The van der Waals surface area contributed by atoms with Crippen LogP contribution in [0.1, 0.15) is 11.1 Å². The highest BCUT2D eigenvalue weighted by atomic mass is 19.4. The third kappa shape index (κ3) is 4.13. The first-order valence-corrected chi connectivity index (χ1v) is 7.94. The van der Waals surface area contributed by atoms with Gasteiger partial charge in [0.1, 0.15) is 0 Å². The number of likely N-dealkylation sites (N-methyl/N-ethyl adjacent to an activating group) is 1. The highest BCUT2D eigenvalue weighted by Crippen LogP contribution is 2.32. The summed E-state index contributed by atoms with van der Waals surface area (Å²) in [5.41, 5.74) is 1.64. The number of benzene rings is 1. The summed E-state index contributed by atoms with van der Waals surface area (Å²) in [5.74, 6) is 0. The van der Waals surface area contributed by atoms with Gasteiger partial charge >= 0.3 is 6.18 Å². The summed E-state index contributed by atoms with van der Waals surface area (Å²) in [7, 11) is 2.10. The Morgan fingerprint density at radius 3 is 2.46 bits per heavy atom. The molecule has 0 N–H and O–H groups in total. The fourth-order valence-corrected chi connectivity index (χ4v) is 2.87. The Morgan fingerprint density at radius 1 is 1.00 bits per heavy atom. The molecule has 1 aliphatic rings. The van der Waals surface area contributed by atoms with Gasteiger partial charge in [0, 0.05) is 50.7 Å². The van der Waals surface area contributed by atoms with Crippen LogP contribution in [-0.2, 0) is 12.7 Å². The molecule has 0 spiro atoms. The van der Waals surface area contributed by atoms with E-state index in [1.165, 1.54) is 12.1 Å². The van der Waals surface area contributed by atoms with E-state index in [0.29, 0.717) is 11.1 Å². The molecule has 0 bridgehead atoms. The number of pyridine rings is 1. The summed E-state index contributed by atoms with van der Waals surface area (Å²) in [6.45, 7) is 4.81. The summed E-state index contributed by atoms with van der Waals surface area (Å²) >= 11 is 0. The molecule has 1 aliphatic heterocycles. The Bertz CT molecular complexity index is 692. The van der Waals surface area contributed by atoms with Gasteiger partial charge in [0.25, 0.3) is 0 Å². The van der Waals surface area contributed by atoms with Crippen LogP contribution in [0.4, 0.5) is 13.2 Å². The van der Waals surface area contributed by atoms with Gasteiger partial charge in [-0.1, -0.05) is 12.1 Å². The van der Waals surface area contributed by atoms with Crippen LogP contribution in [0.15, 0.2) is 42.7 Å². The molecular formula is C18H20F3N3. The highest BCUT2D eigenvalue weighted by Gasteiger charge is 2.30. The predicted octanol–water partition coefficient (Wildman–Crippen LogP) is 3.51. The maximum Gasteiger partial charge on any atom is 0.416 e. The Labute approximate surface area is 139 Å².